The van der Waals surface area contributed by atoms with E-state index in [2.05, 4.69) is 203 Å². The number of ether oxygens (including phenoxy) is 3. The fourth-order valence-electron chi connectivity index (χ4n) is 7.19. The largest absolute Gasteiger partial charge is 0.462 e. The molecule has 0 aliphatic rings. The third-order valence-corrected chi connectivity index (χ3v) is 11.4. The molecule has 0 saturated heterocycles. The Morgan fingerprint density at radius 1 is 0.297 bits per heavy atom. The van der Waals surface area contributed by atoms with E-state index in [0.29, 0.717) is 19.4 Å². The van der Waals surface area contributed by atoms with Crippen LogP contribution in [0.3, 0.4) is 0 Å². The highest BCUT2D eigenvalue weighted by Crippen LogP contribution is 2.12. The third-order valence-electron chi connectivity index (χ3n) is 11.4. The average Bonchev–Trinajstić information content (AvgIpc) is 3.40. The van der Waals surface area contributed by atoms with Crippen molar-refractivity contribution < 1.29 is 23.8 Å². The molecule has 0 aliphatic heterocycles. The lowest BCUT2D eigenvalue weighted by Gasteiger charge is -2.18. The van der Waals surface area contributed by atoms with Gasteiger partial charge in [0.1, 0.15) is 6.61 Å². The summed E-state index contributed by atoms with van der Waals surface area (Å²) in [6, 6.07) is 0. The number of carbonyl (C=O) groups excluding carboxylic acids is 2. The van der Waals surface area contributed by atoms with Gasteiger partial charge in [0.25, 0.3) is 0 Å². The molecule has 0 rings (SSSR count). The van der Waals surface area contributed by atoms with Crippen molar-refractivity contribution in [3.8, 4) is 0 Å². The predicted molar refractivity (Wildman–Crippen MR) is 324 cm³/mol. The van der Waals surface area contributed by atoms with Gasteiger partial charge in [0.15, 0.2) is 6.10 Å². The molecular weight excluding hydrogens is 909 g/mol. The summed E-state index contributed by atoms with van der Waals surface area (Å²) in [6.45, 7) is 7.27. The molecule has 5 heteroatoms. The van der Waals surface area contributed by atoms with Crippen LogP contribution in [-0.2, 0) is 23.8 Å². The van der Waals surface area contributed by atoms with E-state index < -0.39 is 6.10 Å². The maximum atomic E-state index is 12.9. The highest BCUT2D eigenvalue weighted by molar-refractivity contribution is 5.70. The van der Waals surface area contributed by atoms with Crippen molar-refractivity contribution in [2.45, 2.75) is 219 Å². The number of hydrogen-bond donors (Lipinski definition) is 0. The van der Waals surface area contributed by atoms with Gasteiger partial charge in [0.2, 0.25) is 0 Å². The minimum atomic E-state index is -0.606. The average molecular weight is 1020 g/mol. The van der Waals surface area contributed by atoms with Gasteiger partial charge in [-0.1, -0.05) is 235 Å². The molecule has 0 aromatic heterocycles. The number of rotatable bonds is 51. The molecule has 0 amide bonds. The second-order valence-corrected chi connectivity index (χ2v) is 18.4. The van der Waals surface area contributed by atoms with E-state index in [1.54, 1.807) is 0 Å². The van der Waals surface area contributed by atoms with Crippen LogP contribution in [0.1, 0.15) is 213 Å². The zero-order valence-corrected chi connectivity index (χ0v) is 47.3. The quantitative estimate of drug-likeness (QED) is 0.0345. The molecule has 0 spiro atoms. The zero-order valence-electron chi connectivity index (χ0n) is 47.3. The van der Waals surface area contributed by atoms with Gasteiger partial charge in [-0.3, -0.25) is 9.59 Å². The summed E-state index contributed by atoms with van der Waals surface area (Å²) in [5, 5.41) is 0. The second-order valence-electron chi connectivity index (χ2n) is 18.4. The van der Waals surface area contributed by atoms with Crippen molar-refractivity contribution in [1.29, 1.82) is 0 Å². The SMILES string of the molecule is CC/C=C\C/C=C\C/C=C\C/C=C\C/C=C\C/C=C\CCCOCC(COC(=O)CCCCC/C=C\C/C=C\C/C=C\C/C=C\C/C=C\CC)OC(=O)CCCCCCCC/C=C\C/C=C\C/C=C\C/C=C\CC. The van der Waals surface area contributed by atoms with Crippen LogP contribution < -0.4 is 0 Å². The van der Waals surface area contributed by atoms with Crippen molar-refractivity contribution in [2.24, 2.45) is 0 Å². The Balaban J connectivity index is 4.53. The molecule has 0 N–H and O–H groups in total. The molecule has 0 heterocycles. The molecule has 0 saturated carbocycles. The number of carbonyl (C=O) groups is 2. The first-order chi connectivity index (χ1) is 36.6. The van der Waals surface area contributed by atoms with Crippen molar-refractivity contribution in [1.82, 2.24) is 0 Å². The first-order valence-electron chi connectivity index (χ1n) is 29.3. The summed E-state index contributed by atoms with van der Waals surface area (Å²) >= 11 is 0. The maximum absolute atomic E-state index is 12.9. The van der Waals surface area contributed by atoms with Gasteiger partial charge >= 0.3 is 11.9 Å². The van der Waals surface area contributed by atoms with Gasteiger partial charge in [0, 0.05) is 19.4 Å². The lowest BCUT2D eigenvalue weighted by Crippen LogP contribution is -2.30. The predicted octanol–water partition coefficient (Wildman–Crippen LogP) is 20.6. The summed E-state index contributed by atoms with van der Waals surface area (Å²) in [5.74, 6) is -0.498. The molecule has 74 heavy (non-hydrogen) atoms. The van der Waals surface area contributed by atoms with Gasteiger partial charge in [-0.05, 0) is 148 Å². The molecule has 0 aromatic carbocycles. The van der Waals surface area contributed by atoms with Crippen molar-refractivity contribution >= 4 is 11.9 Å². The fraction of sp³-hybridized carbons (Fsp3) is 0.536. The number of esters is 2. The van der Waals surface area contributed by atoms with Crippen LogP contribution in [0.5, 0.6) is 0 Å². The van der Waals surface area contributed by atoms with Crippen molar-refractivity contribution in [3.05, 3.63) is 182 Å². The maximum Gasteiger partial charge on any atom is 0.306 e. The fourth-order valence-corrected chi connectivity index (χ4v) is 7.19. The number of hydrogen-bond acceptors (Lipinski definition) is 5. The van der Waals surface area contributed by atoms with Crippen LogP contribution in [-0.4, -0.2) is 37.9 Å². The van der Waals surface area contributed by atoms with E-state index >= 15 is 0 Å². The molecule has 0 aromatic rings. The van der Waals surface area contributed by atoms with E-state index in [4.69, 9.17) is 14.2 Å². The lowest BCUT2D eigenvalue weighted by atomic mass is 10.1. The van der Waals surface area contributed by atoms with E-state index in [-0.39, 0.29) is 25.2 Å². The summed E-state index contributed by atoms with van der Waals surface area (Å²) < 4.78 is 17.4. The Morgan fingerprint density at radius 3 is 0.919 bits per heavy atom. The molecule has 0 radical (unpaired) electrons. The Bertz CT molecular complexity index is 1720. The zero-order chi connectivity index (χ0) is 53.4. The van der Waals surface area contributed by atoms with Gasteiger partial charge in [-0.15, -0.1) is 0 Å². The highest BCUT2D eigenvalue weighted by atomic mass is 16.6. The topological polar surface area (TPSA) is 61.8 Å². The monoisotopic (exact) mass is 1010 g/mol. The van der Waals surface area contributed by atoms with E-state index in [1.807, 2.05) is 0 Å². The molecule has 0 bridgehead atoms. The molecule has 1 atom stereocenters. The Labute approximate surface area is 455 Å². The van der Waals surface area contributed by atoms with Crippen LogP contribution >= 0.6 is 0 Å². The summed E-state index contributed by atoms with van der Waals surface area (Å²) in [7, 11) is 0. The van der Waals surface area contributed by atoms with Crippen LogP contribution in [0.2, 0.25) is 0 Å². The van der Waals surface area contributed by atoms with Gasteiger partial charge < -0.3 is 14.2 Å². The second kappa shape index (κ2) is 62.3. The number of allylic oxidation sites excluding steroid dienone is 30. The standard InChI is InChI=1S/C69H106O5/c1-4-7-10-13-16-19-22-25-28-31-34-37-40-43-46-49-52-55-58-61-64-72-65-67(74-69(71)63-60-57-54-51-48-45-42-39-36-33-30-27-24-21-18-15-12-9-6-3)66-73-68(70)62-59-56-53-50-47-44-41-38-35-32-29-26-23-20-17-14-11-8-5-2/h7-12,16-21,25-30,34-39,43-44,46-47,52,55,67H,4-6,13-15,22-24,31-33,40-42,45,48-51,53-54,56-66H2,1-3H3/b10-7-,11-8-,12-9-,19-16-,20-17-,21-18-,28-25-,29-26-,30-27-,37-34-,38-35-,39-36-,46-43-,47-44-,55-52-. The first kappa shape index (κ1) is 69.0. The van der Waals surface area contributed by atoms with Gasteiger partial charge in [-0.2, -0.15) is 0 Å². The Hall–Kier alpha value is -5.00. The first-order valence-corrected chi connectivity index (χ1v) is 29.3. The summed E-state index contributed by atoms with van der Waals surface area (Å²) in [6.07, 6.45) is 94.9. The van der Waals surface area contributed by atoms with Gasteiger partial charge in [0.05, 0.1) is 6.61 Å². The van der Waals surface area contributed by atoms with E-state index in [0.717, 1.165) is 161 Å². The molecule has 5 nitrogen and oxygen atoms in total. The molecule has 412 valence electrons. The van der Waals surface area contributed by atoms with Crippen molar-refractivity contribution in [3.63, 3.8) is 0 Å². The minimum Gasteiger partial charge on any atom is -0.462 e. The van der Waals surface area contributed by atoms with Crippen LogP contribution in [0, 0.1) is 0 Å². The summed E-state index contributed by atoms with van der Waals surface area (Å²) in [5.41, 5.74) is 0. The van der Waals surface area contributed by atoms with Crippen LogP contribution in [0.4, 0.5) is 0 Å². The van der Waals surface area contributed by atoms with Gasteiger partial charge in [-0.25, -0.2) is 0 Å². The van der Waals surface area contributed by atoms with Crippen LogP contribution in [0.25, 0.3) is 0 Å². The smallest absolute Gasteiger partial charge is 0.306 e. The highest BCUT2D eigenvalue weighted by Gasteiger charge is 2.17. The normalized spacial score (nSPS) is 13.6. The summed E-state index contributed by atoms with van der Waals surface area (Å²) in [4.78, 5) is 25.6. The number of unbranched alkanes of at least 4 members (excludes halogenated alkanes) is 10. The molecule has 0 aliphatic carbocycles. The Morgan fingerprint density at radius 2 is 0.568 bits per heavy atom. The Kier molecular flexibility index (Phi) is 58.1. The van der Waals surface area contributed by atoms with E-state index in [1.165, 1.54) is 19.3 Å². The van der Waals surface area contributed by atoms with Crippen LogP contribution in [0.15, 0.2) is 182 Å². The lowest BCUT2D eigenvalue weighted by molar-refractivity contribution is -0.163. The minimum absolute atomic E-state index is 0.0248. The molecule has 0 fully saturated rings. The third kappa shape index (κ3) is 59.6. The van der Waals surface area contributed by atoms with E-state index in [9.17, 15) is 9.59 Å². The molecule has 1 unspecified atom stereocenters. The van der Waals surface area contributed by atoms with Crippen molar-refractivity contribution in [2.75, 3.05) is 19.8 Å². The molecular formula is C69H106O5.